The molecule has 1 N–H and O–H groups in total. The lowest BCUT2D eigenvalue weighted by atomic mass is 10.2. The minimum absolute atomic E-state index is 0.165. The highest BCUT2D eigenvalue weighted by atomic mass is 35.5. The third kappa shape index (κ3) is 5.49. The standard InChI is InChI=1S/C28H23Cl2N3O5S/c1-34-19-10-24(20-12-26(38-25(20)11-19)23-13-33-27(31-23)39-28(32-33)35-2)37-15-16-4-3-5-18(8-16)36-14-17-6-7-21(29)22(30)9-17/h3-13,28,32H,14-15H2,1-2H3. The zero-order valence-electron chi connectivity index (χ0n) is 20.9. The first-order valence-electron chi connectivity index (χ1n) is 11.9. The van der Waals surface area contributed by atoms with Crippen LogP contribution in [0.4, 0.5) is 0 Å². The summed E-state index contributed by atoms with van der Waals surface area (Å²) in [5.41, 5.74) is 6.24. The number of fused-ring (bicyclic) bond motifs is 2. The van der Waals surface area contributed by atoms with Gasteiger partial charge in [0.25, 0.3) is 0 Å². The number of rotatable bonds is 9. The molecule has 0 spiro atoms. The van der Waals surface area contributed by atoms with E-state index in [-0.39, 0.29) is 5.56 Å². The van der Waals surface area contributed by atoms with Crippen LogP contribution in [0.25, 0.3) is 22.4 Å². The van der Waals surface area contributed by atoms with Gasteiger partial charge in [0.05, 0.1) is 28.7 Å². The summed E-state index contributed by atoms with van der Waals surface area (Å²) in [5.74, 6) is 2.61. The van der Waals surface area contributed by atoms with Gasteiger partial charge in [0.15, 0.2) is 16.5 Å². The Morgan fingerprint density at radius 2 is 1.79 bits per heavy atom. The van der Waals surface area contributed by atoms with Gasteiger partial charge in [-0.15, -0.1) is 0 Å². The number of furan rings is 1. The second-order valence-corrected chi connectivity index (χ2v) is 10.6. The highest BCUT2D eigenvalue weighted by Crippen LogP contribution is 2.38. The predicted octanol–water partition coefficient (Wildman–Crippen LogP) is 7.35. The zero-order chi connectivity index (χ0) is 26.9. The molecule has 0 bridgehead atoms. The molecule has 1 aliphatic rings. The van der Waals surface area contributed by atoms with Crippen molar-refractivity contribution in [2.45, 2.75) is 23.9 Å². The van der Waals surface area contributed by atoms with Gasteiger partial charge in [-0.05, 0) is 53.2 Å². The van der Waals surface area contributed by atoms with E-state index in [1.807, 2.05) is 59.4 Å². The third-order valence-electron chi connectivity index (χ3n) is 6.09. The molecule has 39 heavy (non-hydrogen) atoms. The van der Waals surface area contributed by atoms with Gasteiger partial charge in [0, 0.05) is 19.2 Å². The molecule has 6 rings (SSSR count). The maximum atomic E-state index is 6.25. The number of halogens is 2. The van der Waals surface area contributed by atoms with Crippen LogP contribution in [-0.4, -0.2) is 29.4 Å². The lowest BCUT2D eigenvalue weighted by Gasteiger charge is -2.11. The first-order chi connectivity index (χ1) is 19.0. The van der Waals surface area contributed by atoms with Crippen molar-refractivity contribution in [3.63, 3.8) is 0 Å². The second kappa shape index (κ2) is 10.9. The Morgan fingerprint density at radius 3 is 2.59 bits per heavy atom. The Balaban J connectivity index is 1.19. The molecule has 1 aliphatic heterocycles. The molecular formula is C28H23Cl2N3O5S. The van der Waals surface area contributed by atoms with Crippen LogP contribution in [0.1, 0.15) is 11.1 Å². The van der Waals surface area contributed by atoms with Crippen LogP contribution in [-0.2, 0) is 18.0 Å². The summed E-state index contributed by atoms with van der Waals surface area (Å²) in [6.45, 7) is 0.692. The van der Waals surface area contributed by atoms with E-state index in [1.54, 1.807) is 26.4 Å². The fourth-order valence-corrected chi connectivity index (χ4v) is 5.27. The summed E-state index contributed by atoms with van der Waals surface area (Å²) in [6, 6.07) is 18.8. The molecule has 0 fully saturated rings. The van der Waals surface area contributed by atoms with Crippen molar-refractivity contribution in [2.75, 3.05) is 19.6 Å². The van der Waals surface area contributed by atoms with Gasteiger partial charge < -0.3 is 23.4 Å². The Bertz CT molecular complexity index is 1630. The van der Waals surface area contributed by atoms with E-state index in [0.29, 0.717) is 51.8 Å². The number of aromatic nitrogens is 2. The molecule has 200 valence electrons. The first kappa shape index (κ1) is 25.8. The summed E-state index contributed by atoms with van der Waals surface area (Å²) in [6.07, 6.45) is 1.88. The van der Waals surface area contributed by atoms with Gasteiger partial charge >= 0.3 is 0 Å². The quantitative estimate of drug-likeness (QED) is 0.193. The van der Waals surface area contributed by atoms with Crippen molar-refractivity contribution in [2.24, 2.45) is 0 Å². The Kier molecular flexibility index (Phi) is 7.22. The summed E-state index contributed by atoms with van der Waals surface area (Å²) in [4.78, 5) is 4.67. The smallest absolute Gasteiger partial charge is 0.196 e. The van der Waals surface area contributed by atoms with Crippen LogP contribution >= 0.6 is 35.0 Å². The Morgan fingerprint density at radius 1 is 0.949 bits per heavy atom. The summed E-state index contributed by atoms with van der Waals surface area (Å²) in [5, 5.41) is 2.63. The summed E-state index contributed by atoms with van der Waals surface area (Å²) >= 11 is 13.6. The molecule has 5 aromatic rings. The van der Waals surface area contributed by atoms with E-state index in [9.17, 15) is 0 Å². The highest BCUT2D eigenvalue weighted by Gasteiger charge is 2.25. The van der Waals surface area contributed by atoms with Crippen LogP contribution in [0.5, 0.6) is 17.2 Å². The molecule has 3 aromatic carbocycles. The number of nitrogens with zero attached hydrogens (tertiary/aromatic N) is 2. The van der Waals surface area contributed by atoms with Gasteiger partial charge in [-0.1, -0.05) is 41.4 Å². The van der Waals surface area contributed by atoms with Crippen molar-refractivity contribution < 1.29 is 23.4 Å². The molecule has 0 saturated carbocycles. The molecule has 11 heteroatoms. The van der Waals surface area contributed by atoms with Crippen LogP contribution in [0, 0.1) is 0 Å². The van der Waals surface area contributed by atoms with E-state index >= 15 is 0 Å². The number of imidazole rings is 1. The molecule has 1 unspecified atom stereocenters. The van der Waals surface area contributed by atoms with E-state index < -0.39 is 0 Å². The van der Waals surface area contributed by atoms with Gasteiger partial charge in [-0.3, -0.25) is 5.43 Å². The Hall–Kier alpha value is -3.50. The minimum Gasteiger partial charge on any atom is -0.496 e. The maximum Gasteiger partial charge on any atom is 0.196 e. The number of nitrogens with one attached hydrogen (secondary N) is 1. The average molecular weight is 584 g/mol. The largest absolute Gasteiger partial charge is 0.496 e. The summed E-state index contributed by atoms with van der Waals surface area (Å²) < 4.78 is 31.0. The lowest BCUT2D eigenvalue weighted by Crippen LogP contribution is -2.19. The fourth-order valence-electron chi connectivity index (χ4n) is 4.12. The van der Waals surface area contributed by atoms with Crippen LogP contribution < -0.4 is 19.6 Å². The molecule has 1 atom stereocenters. The number of thioether (sulfide) groups is 1. The van der Waals surface area contributed by atoms with Crippen LogP contribution in [0.15, 0.2) is 76.4 Å². The van der Waals surface area contributed by atoms with Crippen molar-refractivity contribution in [1.29, 1.82) is 0 Å². The van der Waals surface area contributed by atoms with Gasteiger partial charge in [-0.2, -0.15) is 0 Å². The molecular weight excluding hydrogens is 561 g/mol. The van der Waals surface area contributed by atoms with Gasteiger partial charge in [0.2, 0.25) is 0 Å². The van der Waals surface area contributed by atoms with E-state index in [2.05, 4.69) is 10.4 Å². The molecule has 0 aliphatic carbocycles. The SMILES string of the molecule is COc1cc(OCc2cccc(OCc3ccc(Cl)c(Cl)c3)c2)c2cc(-c3cn4c(n3)SC(OC)N4)oc2c1. The fraction of sp³-hybridized carbons (Fsp3) is 0.179. The van der Waals surface area contributed by atoms with E-state index in [1.165, 1.54) is 11.8 Å². The van der Waals surface area contributed by atoms with Crippen molar-refractivity contribution >= 4 is 45.9 Å². The van der Waals surface area contributed by atoms with Gasteiger partial charge in [0.1, 0.15) is 41.7 Å². The molecule has 0 amide bonds. The molecule has 8 nitrogen and oxygen atoms in total. The maximum absolute atomic E-state index is 6.25. The molecule has 2 aromatic heterocycles. The topological polar surface area (TPSA) is 79.9 Å². The van der Waals surface area contributed by atoms with Crippen molar-refractivity contribution in [3.05, 3.63) is 88.0 Å². The monoisotopic (exact) mass is 583 g/mol. The van der Waals surface area contributed by atoms with E-state index in [4.69, 9.17) is 46.6 Å². The van der Waals surface area contributed by atoms with Crippen LogP contribution in [0.2, 0.25) is 10.0 Å². The predicted molar refractivity (Wildman–Crippen MR) is 152 cm³/mol. The highest BCUT2D eigenvalue weighted by molar-refractivity contribution is 7.99. The third-order valence-corrected chi connectivity index (χ3v) is 7.84. The number of ether oxygens (including phenoxy) is 4. The number of methoxy groups -OCH3 is 2. The van der Waals surface area contributed by atoms with Gasteiger partial charge in [-0.25, -0.2) is 9.66 Å². The first-order valence-corrected chi connectivity index (χ1v) is 13.6. The second-order valence-electron chi connectivity index (χ2n) is 8.71. The van der Waals surface area contributed by atoms with E-state index in [0.717, 1.165) is 27.4 Å². The number of hydrogen-bond acceptors (Lipinski definition) is 8. The molecule has 0 radical (unpaired) electrons. The van der Waals surface area contributed by atoms with Crippen molar-refractivity contribution in [1.82, 2.24) is 9.66 Å². The number of benzene rings is 3. The normalized spacial score (nSPS) is 14.3. The average Bonchev–Trinajstić information content (AvgIpc) is 3.65. The molecule has 3 heterocycles. The number of hydrogen-bond donors (Lipinski definition) is 1. The lowest BCUT2D eigenvalue weighted by molar-refractivity contribution is 0.187. The van der Waals surface area contributed by atoms with Crippen molar-refractivity contribution in [3.8, 4) is 28.7 Å². The summed E-state index contributed by atoms with van der Waals surface area (Å²) in [7, 11) is 3.26. The van der Waals surface area contributed by atoms with Crippen LogP contribution in [0.3, 0.4) is 0 Å². The Labute approximate surface area is 238 Å². The minimum atomic E-state index is -0.165. The zero-order valence-corrected chi connectivity index (χ0v) is 23.3. The molecule has 0 saturated heterocycles.